The minimum absolute atomic E-state index is 0.0766. The Morgan fingerprint density at radius 1 is 0.952 bits per heavy atom. The lowest BCUT2D eigenvalue weighted by Crippen LogP contribution is -2.50. The van der Waals surface area contributed by atoms with Crippen LogP contribution in [0.1, 0.15) is 48.4 Å². The van der Waals surface area contributed by atoms with Gasteiger partial charge in [0.05, 0.1) is 19.1 Å². The highest BCUT2D eigenvalue weighted by Crippen LogP contribution is 2.26. The summed E-state index contributed by atoms with van der Waals surface area (Å²) in [4.78, 5) is 29.1. The first-order valence-corrected chi connectivity index (χ1v) is 16.2. The third-order valence-electron chi connectivity index (χ3n) is 7.30. The molecular formula is C33H43N3O5S. The van der Waals surface area contributed by atoms with Gasteiger partial charge in [-0.3, -0.25) is 13.9 Å². The molecule has 2 amide bonds. The first-order chi connectivity index (χ1) is 20.0. The van der Waals surface area contributed by atoms with Gasteiger partial charge in [-0.2, -0.15) is 0 Å². The molecule has 3 aromatic carbocycles. The van der Waals surface area contributed by atoms with E-state index in [-0.39, 0.29) is 31.3 Å². The first-order valence-electron chi connectivity index (χ1n) is 14.3. The molecule has 0 saturated heterocycles. The molecule has 42 heavy (non-hydrogen) atoms. The van der Waals surface area contributed by atoms with Crippen molar-refractivity contribution in [2.24, 2.45) is 0 Å². The minimum Gasteiger partial charge on any atom is -0.497 e. The molecule has 0 bridgehead atoms. The Labute approximate surface area is 250 Å². The van der Waals surface area contributed by atoms with Gasteiger partial charge in [-0.15, -0.1) is 0 Å². The lowest BCUT2D eigenvalue weighted by atomic mass is 10.0. The van der Waals surface area contributed by atoms with Crippen LogP contribution in [0.4, 0.5) is 5.69 Å². The fraction of sp³-hybridized carbons (Fsp3) is 0.394. The number of aryl methyl sites for hydroxylation is 1. The normalized spacial score (nSPS) is 11.9. The molecule has 0 spiro atoms. The van der Waals surface area contributed by atoms with Crippen LogP contribution in [-0.2, 0) is 32.6 Å². The Morgan fingerprint density at radius 3 is 2.31 bits per heavy atom. The highest BCUT2D eigenvalue weighted by atomic mass is 32.2. The minimum atomic E-state index is -3.58. The van der Waals surface area contributed by atoms with Crippen molar-refractivity contribution in [1.29, 1.82) is 0 Å². The summed E-state index contributed by atoms with van der Waals surface area (Å²) in [7, 11) is -2.00. The highest BCUT2D eigenvalue weighted by molar-refractivity contribution is 7.92. The Balaban J connectivity index is 1.91. The maximum absolute atomic E-state index is 13.9. The van der Waals surface area contributed by atoms with Gasteiger partial charge in [-0.1, -0.05) is 61.5 Å². The summed E-state index contributed by atoms with van der Waals surface area (Å²) in [6, 6.07) is 21.9. The number of ether oxygens (including phenoxy) is 1. The van der Waals surface area contributed by atoms with Gasteiger partial charge < -0.3 is 15.0 Å². The van der Waals surface area contributed by atoms with E-state index in [9.17, 15) is 18.0 Å². The molecule has 3 rings (SSSR count). The summed E-state index contributed by atoms with van der Waals surface area (Å²) in [5, 5.41) is 2.98. The lowest BCUT2D eigenvalue weighted by Gasteiger charge is -2.32. The predicted octanol–water partition coefficient (Wildman–Crippen LogP) is 5.02. The summed E-state index contributed by atoms with van der Waals surface area (Å²) in [6.45, 7) is 6.68. The summed E-state index contributed by atoms with van der Waals surface area (Å²) >= 11 is 0. The average molecular weight is 594 g/mol. The monoisotopic (exact) mass is 593 g/mol. The average Bonchev–Trinajstić information content (AvgIpc) is 2.97. The molecule has 1 atom stereocenters. The van der Waals surface area contributed by atoms with Crippen molar-refractivity contribution >= 4 is 27.5 Å². The van der Waals surface area contributed by atoms with Gasteiger partial charge in [0.1, 0.15) is 11.8 Å². The van der Waals surface area contributed by atoms with Gasteiger partial charge in [0.25, 0.3) is 0 Å². The van der Waals surface area contributed by atoms with E-state index in [1.165, 1.54) is 10.6 Å². The van der Waals surface area contributed by atoms with E-state index in [0.29, 0.717) is 30.8 Å². The molecule has 1 N–H and O–H groups in total. The number of carbonyl (C=O) groups is 2. The van der Waals surface area contributed by atoms with E-state index in [4.69, 9.17) is 4.74 Å². The Kier molecular flexibility index (Phi) is 12.0. The number of rotatable bonds is 15. The molecule has 0 saturated carbocycles. The molecule has 0 radical (unpaired) electrons. The molecule has 0 aliphatic carbocycles. The van der Waals surface area contributed by atoms with Gasteiger partial charge in [0, 0.05) is 32.5 Å². The highest BCUT2D eigenvalue weighted by Gasteiger charge is 2.30. The summed E-state index contributed by atoms with van der Waals surface area (Å²) in [5.74, 6) is 0.220. The van der Waals surface area contributed by atoms with Crippen LogP contribution in [0.3, 0.4) is 0 Å². The van der Waals surface area contributed by atoms with Crippen molar-refractivity contribution in [3.8, 4) is 5.75 Å². The fourth-order valence-corrected chi connectivity index (χ4v) is 5.89. The number of hydrogen-bond donors (Lipinski definition) is 1. The third-order valence-corrected chi connectivity index (χ3v) is 8.48. The van der Waals surface area contributed by atoms with E-state index < -0.39 is 16.1 Å². The number of benzene rings is 3. The van der Waals surface area contributed by atoms with Gasteiger partial charge in [0.15, 0.2) is 0 Å². The summed E-state index contributed by atoms with van der Waals surface area (Å²) < 4.78 is 32.3. The van der Waals surface area contributed by atoms with Gasteiger partial charge in [0.2, 0.25) is 21.8 Å². The van der Waals surface area contributed by atoms with E-state index in [2.05, 4.69) is 5.32 Å². The van der Waals surface area contributed by atoms with Crippen molar-refractivity contribution in [2.45, 2.75) is 59.0 Å². The predicted molar refractivity (Wildman–Crippen MR) is 168 cm³/mol. The smallest absolute Gasteiger partial charge is 0.243 e. The molecule has 0 aliphatic heterocycles. The number of amides is 2. The van der Waals surface area contributed by atoms with Crippen molar-refractivity contribution in [3.05, 3.63) is 95.1 Å². The summed E-state index contributed by atoms with van der Waals surface area (Å²) in [6.07, 6.45) is 2.67. The zero-order valence-corrected chi connectivity index (χ0v) is 26.1. The van der Waals surface area contributed by atoms with E-state index in [0.717, 1.165) is 28.7 Å². The molecule has 0 aromatic heterocycles. The number of methoxy groups -OCH3 is 1. The van der Waals surface area contributed by atoms with Crippen molar-refractivity contribution in [3.63, 3.8) is 0 Å². The Morgan fingerprint density at radius 2 is 1.64 bits per heavy atom. The van der Waals surface area contributed by atoms with E-state index in [1.54, 1.807) is 18.1 Å². The molecule has 0 heterocycles. The first kappa shape index (κ1) is 32.7. The molecule has 0 fully saturated rings. The number of carbonyl (C=O) groups excluding carboxylic acids is 2. The van der Waals surface area contributed by atoms with Crippen LogP contribution in [0.5, 0.6) is 5.75 Å². The maximum atomic E-state index is 13.9. The molecule has 3 aromatic rings. The fourth-order valence-electron chi connectivity index (χ4n) is 4.88. The SMILES string of the molecule is CCCNC(=O)[C@@H](Cc1ccccc1)N(Cc1cccc(OC)c1)C(=O)CCCN(c1cccc(C)c1C)S(C)(=O)=O. The van der Waals surface area contributed by atoms with E-state index in [1.807, 2.05) is 87.5 Å². The Hall–Kier alpha value is -3.85. The number of sulfonamides is 1. The molecule has 8 nitrogen and oxygen atoms in total. The second kappa shape index (κ2) is 15.4. The van der Waals surface area contributed by atoms with Crippen molar-refractivity contribution < 1.29 is 22.7 Å². The van der Waals surface area contributed by atoms with Crippen LogP contribution in [-0.4, -0.2) is 57.6 Å². The van der Waals surface area contributed by atoms with Crippen LogP contribution < -0.4 is 14.4 Å². The molecule has 9 heteroatoms. The van der Waals surface area contributed by atoms with Gasteiger partial charge in [-0.25, -0.2) is 8.42 Å². The van der Waals surface area contributed by atoms with E-state index >= 15 is 0 Å². The number of nitrogens with zero attached hydrogens (tertiary/aromatic N) is 2. The summed E-state index contributed by atoms with van der Waals surface area (Å²) in [5.41, 5.74) is 4.25. The van der Waals surface area contributed by atoms with Crippen LogP contribution in [0.2, 0.25) is 0 Å². The molecule has 226 valence electrons. The largest absolute Gasteiger partial charge is 0.497 e. The molecular weight excluding hydrogens is 550 g/mol. The topological polar surface area (TPSA) is 96.0 Å². The Bertz CT molecular complexity index is 1440. The van der Waals surface area contributed by atoms with Crippen LogP contribution in [0.15, 0.2) is 72.8 Å². The van der Waals surface area contributed by atoms with Crippen LogP contribution in [0, 0.1) is 13.8 Å². The number of nitrogens with one attached hydrogen (secondary N) is 1. The number of hydrogen-bond acceptors (Lipinski definition) is 5. The number of anilines is 1. The second-order valence-electron chi connectivity index (χ2n) is 10.5. The van der Waals surface area contributed by atoms with Gasteiger partial charge >= 0.3 is 0 Å². The quantitative estimate of drug-likeness (QED) is 0.267. The third kappa shape index (κ3) is 9.08. The molecule has 0 aliphatic rings. The maximum Gasteiger partial charge on any atom is 0.243 e. The second-order valence-corrected chi connectivity index (χ2v) is 12.4. The van der Waals surface area contributed by atoms with Crippen molar-refractivity contribution in [2.75, 3.05) is 30.8 Å². The zero-order valence-electron chi connectivity index (χ0n) is 25.3. The van der Waals surface area contributed by atoms with Gasteiger partial charge in [-0.05, 0) is 67.1 Å². The molecule has 0 unspecified atom stereocenters. The zero-order chi connectivity index (χ0) is 30.7. The van der Waals surface area contributed by atoms with Crippen LogP contribution >= 0.6 is 0 Å². The van der Waals surface area contributed by atoms with Crippen LogP contribution in [0.25, 0.3) is 0 Å². The van der Waals surface area contributed by atoms with Crippen molar-refractivity contribution in [1.82, 2.24) is 10.2 Å². The lowest BCUT2D eigenvalue weighted by molar-refractivity contribution is -0.141. The standard InChI is InChI=1S/C33H43N3O5S/c1-6-20-34-33(38)31(23-27-14-8-7-9-15-27)35(24-28-16-11-17-29(22-28)41-4)32(37)19-12-21-36(42(5,39)40)30-18-10-13-25(2)26(30)3/h7-11,13-18,22,31H,6,12,19-21,23-24H2,1-5H3,(H,34,38)/t31-/m1/s1.